The van der Waals surface area contributed by atoms with Gasteiger partial charge in [0.05, 0.1) is 10.6 Å². The number of carbonyl (C=O) groups is 1. The molecule has 0 bridgehead atoms. The molecular weight excluding hydrogens is 460 g/mol. The second-order valence-corrected chi connectivity index (χ2v) is 10.4. The van der Waals surface area contributed by atoms with Crippen molar-refractivity contribution in [2.75, 3.05) is 44.2 Å². The molecule has 2 aliphatic rings. The van der Waals surface area contributed by atoms with Crippen LogP contribution in [0.4, 0.5) is 11.4 Å². The first-order valence-corrected chi connectivity index (χ1v) is 12.6. The van der Waals surface area contributed by atoms with Gasteiger partial charge in [0.2, 0.25) is 10.0 Å². The number of furan rings is 1. The quantitative estimate of drug-likeness (QED) is 0.403. The highest BCUT2D eigenvalue weighted by atomic mass is 32.2. The van der Waals surface area contributed by atoms with Crippen LogP contribution < -0.4 is 4.90 Å². The van der Waals surface area contributed by atoms with Crippen LogP contribution in [0.25, 0.3) is 11.0 Å². The molecule has 2 aromatic carbocycles. The number of piperazine rings is 1. The molecule has 0 atom stereocenters. The van der Waals surface area contributed by atoms with E-state index < -0.39 is 14.9 Å². The van der Waals surface area contributed by atoms with Crippen LogP contribution >= 0.6 is 0 Å². The Balaban J connectivity index is 1.38. The topological polar surface area (TPSA) is 117 Å². The van der Waals surface area contributed by atoms with Crippen LogP contribution in [0.2, 0.25) is 0 Å². The number of hydrogen-bond acceptors (Lipinski definition) is 7. The maximum absolute atomic E-state index is 13.3. The third-order valence-electron chi connectivity index (χ3n) is 6.38. The van der Waals surface area contributed by atoms with Gasteiger partial charge in [0.15, 0.2) is 5.76 Å². The third kappa shape index (κ3) is 4.01. The van der Waals surface area contributed by atoms with Gasteiger partial charge in [-0.05, 0) is 31.0 Å². The zero-order valence-electron chi connectivity index (χ0n) is 18.4. The highest BCUT2D eigenvalue weighted by molar-refractivity contribution is 7.89. The number of non-ortho nitro benzene ring substituents is 1. The van der Waals surface area contributed by atoms with Gasteiger partial charge in [0.1, 0.15) is 10.5 Å². The van der Waals surface area contributed by atoms with E-state index in [1.807, 2.05) is 23.1 Å². The summed E-state index contributed by atoms with van der Waals surface area (Å²) in [4.78, 5) is 27.2. The molecule has 1 amide bonds. The Kier molecular flexibility index (Phi) is 5.74. The van der Waals surface area contributed by atoms with Crippen molar-refractivity contribution < 1.29 is 22.6 Å². The standard InChI is InChI=1S/C23H24N4O6S/c28-23(21-15-17-5-1-2-6-20(17)33-21)25-13-11-24(12-14-25)19-8-7-18(27(29)30)16-22(19)34(31,32)26-9-3-4-10-26/h1-2,5-8,15-16H,3-4,9-14H2. The molecule has 178 valence electrons. The van der Waals surface area contributed by atoms with Gasteiger partial charge >= 0.3 is 0 Å². The van der Waals surface area contributed by atoms with Gasteiger partial charge in [-0.3, -0.25) is 14.9 Å². The summed E-state index contributed by atoms with van der Waals surface area (Å²) in [6, 6.07) is 13.1. The lowest BCUT2D eigenvalue weighted by molar-refractivity contribution is -0.385. The van der Waals surface area contributed by atoms with E-state index in [2.05, 4.69) is 0 Å². The van der Waals surface area contributed by atoms with Gasteiger partial charge in [-0.25, -0.2) is 8.42 Å². The highest BCUT2D eigenvalue weighted by Gasteiger charge is 2.34. The predicted molar refractivity (Wildman–Crippen MR) is 125 cm³/mol. The van der Waals surface area contributed by atoms with Gasteiger partial charge < -0.3 is 14.2 Å². The molecule has 0 unspecified atom stereocenters. The third-order valence-corrected chi connectivity index (χ3v) is 8.31. The number of nitrogens with zero attached hydrogens (tertiary/aromatic N) is 4. The molecule has 34 heavy (non-hydrogen) atoms. The number of para-hydroxylation sites is 1. The fourth-order valence-corrected chi connectivity index (χ4v) is 6.29. The number of sulfonamides is 1. The monoisotopic (exact) mass is 484 g/mol. The first kappa shape index (κ1) is 22.4. The van der Waals surface area contributed by atoms with Crippen molar-refractivity contribution in [1.82, 2.24) is 9.21 Å². The second-order valence-electron chi connectivity index (χ2n) is 8.45. The first-order valence-electron chi connectivity index (χ1n) is 11.2. The Hall–Kier alpha value is -3.44. The smallest absolute Gasteiger partial charge is 0.289 e. The minimum absolute atomic E-state index is 0.0549. The molecule has 3 heterocycles. The molecule has 5 rings (SSSR count). The molecule has 10 nitrogen and oxygen atoms in total. The number of carbonyl (C=O) groups excluding carboxylic acids is 1. The summed E-state index contributed by atoms with van der Waals surface area (Å²) in [5, 5.41) is 12.2. The van der Waals surface area contributed by atoms with Crippen LogP contribution in [0.5, 0.6) is 0 Å². The predicted octanol–water partition coefficient (Wildman–Crippen LogP) is 3.09. The van der Waals surface area contributed by atoms with E-state index in [0.717, 1.165) is 24.3 Å². The summed E-state index contributed by atoms with van der Waals surface area (Å²) in [6.07, 6.45) is 1.54. The van der Waals surface area contributed by atoms with Crippen molar-refractivity contribution in [1.29, 1.82) is 0 Å². The molecule has 2 saturated heterocycles. The van der Waals surface area contributed by atoms with Crippen LogP contribution in [0.3, 0.4) is 0 Å². The number of amides is 1. The highest BCUT2D eigenvalue weighted by Crippen LogP contribution is 2.33. The number of hydrogen-bond donors (Lipinski definition) is 0. The van der Waals surface area contributed by atoms with E-state index in [9.17, 15) is 23.3 Å². The Morgan fingerprint density at radius 1 is 0.941 bits per heavy atom. The van der Waals surface area contributed by atoms with E-state index in [1.165, 1.54) is 16.4 Å². The summed E-state index contributed by atoms with van der Waals surface area (Å²) in [6.45, 7) is 2.35. The van der Waals surface area contributed by atoms with Crippen LogP contribution in [0, 0.1) is 10.1 Å². The molecule has 2 fully saturated rings. The summed E-state index contributed by atoms with van der Waals surface area (Å²) in [5.74, 6) is 0.0479. The maximum atomic E-state index is 13.3. The lowest BCUT2D eigenvalue weighted by Gasteiger charge is -2.36. The molecule has 0 N–H and O–H groups in total. The minimum atomic E-state index is -3.87. The van der Waals surface area contributed by atoms with E-state index >= 15 is 0 Å². The number of fused-ring (bicyclic) bond motifs is 1. The fourth-order valence-electron chi connectivity index (χ4n) is 4.55. The lowest BCUT2D eigenvalue weighted by atomic mass is 10.2. The molecule has 1 aromatic heterocycles. The average Bonchev–Trinajstić information content (AvgIpc) is 3.54. The van der Waals surface area contributed by atoms with Crippen molar-refractivity contribution in [3.8, 4) is 0 Å². The average molecular weight is 485 g/mol. The van der Waals surface area contributed by atoms with Crippen LogP contribution in [0.15, 0.2) is 57.8 Å². The molecule has 3 aromatic rings. The van der Waals surface area contributed by atoms with E-state index in [1.54, 1.807) is 17.0 Å². The van der Waals surface area contributed by atoms with Gasteiger partial charge in [0, 0.05) is 56.8 Å². The summed E-state index contributed by atoms with van der Waals surface area (Å²) < 4.78 is 33.7. The van der Waals surface area contributed by atoms with Crippen LogP contribution in [0.1, 0.15) is 23.4 Å². The number of nitro benzene ring substituents is 1. The van der Waals surface area contributed by atoms with Crippen LogP contribution in [-0.2, 0) is 10.0 Å². The van der Waals surface area contributed by atoms with Gasteiger partial charge in [0.25, 0.3) is 11.6 Å². The number of rotatable bonds is 5. The van der Waals surface area contributed by atoms with Gasteiger partial charge in [-0.15, -0.1) is 0 Å². The largest absolute Gasteiger partial charge is 0.451 e. The maximum Gasteiger partial charge on any atom is 0.289 e. The molecule has 0 spiro atoms. The fraction of sp³-hybridized carbons (Fsp3) is 0.348. The molecule has 2 aliphatic heterocycles. The van der Waals surface area contributed by atoms with Gasteiger partial charge in [-0.1, -0.05) is 18.2 Å². The Morgan fingerprint density at radius 2 is 1.65 bits per heavy atom. The van der Waals surface area contributed by atoms with Crippen molar-refractivity contribution in [3.05, 3.63) is 64.4 Å². The number of anilines is 1. The summed E-state index contributed by atoms with van der Waals surface area (Å²) >= 11 is 0. The summed E-state index contributed by atoms with van der Waals surface area (Å²) in [5.41, 5.74) is 0.806. The molecule has 0 aliphatic carbocycles. The van der Waals surface area contributed by atoms with Crippen molar-refractivity contribution in [3.63, 3.8) is 0 Å². The zero-order chi connectivity index (χ0) is 23.9. The number of nitro groups is 1. The van der Waals surface area contributed by atoms with Crippen molar-refractivity contribution >= 4 is 38.3 Å². The van der Waals surface area contributed by atoms with Crippen molar-refractivity contribution in [2.24, 2.45) is 0 Å². The molecular formula is C23H24N4O6S. The van der Waals surface area contributed by atoms with Crippen LogP contribution in [-0.4, -0.2) is 67.7 Å². The zero-order valence-corrected chi connectivity index (χ0v) is 19.2. The molecule has 0 radical (unpaired) electrons. The first-order chi connectivity index (χ1) is 16.3. The minimum Gasteiger partial charge on any atom is -0.451 e. The Bertz CT molecular complexity index is 1320. The van der Waals surface area contributed by atoms with Crippen molar-refractivity contribution in [2.45, 2.75) is 17.7 Å². The van der Waals surface area contributed by atoms with Gasteiger partial charge in [-0.2, -0.15) is 4.31 Å². The summed E-state index contributed by atoms with van der Waals surface area (Å²) in [7, 11) is -3.87. The number of benzene rings is 2. The lowest BCUT2D eigenvalue weighted by Crippen LogP contribution is -2.49. The molecule has 11 heteroatoms. The van der Waals surface area contributed by atoms with E-state index in [-0.39, 0.29) is 22.3 Å². The normalized spacial score (nSPS) is 17.4. The second kappa shape index (κ2) is 8.73. The Morgan fingerprint density at radius 3 is 2.32 bits per heavy atom. The van der Waals surface area contributed by atoms with E-state index in [4.69, 9.17) is 4.42 Å². The SMILES string of the molecule is O=C(c1cc2ccccc2o1)N1CCN(c2ccc([N+](=O)[O-])cc2S(=O)(=O)N2CCCC2)CC1. The van der Waals surface area contributed by atoms with E-state index in [0.29, 0.717) is 50.5 Å². The Labute approximate surface area is 196 Å². The molecule has 0 saturated carbocycles.